The van der Waals surface area contributed by atoms with Gasteiger partial charge in [-0.05, 0) is 24.3 Å². The predicted molar refractivity (Wildman–Crippen MR) is 97.1 cm³/mol. The molecular formula is C18H19N3O3S. The summed E-state index contributed by atoms with van der Waals surface area (Å²) >= 11 is 0. The summed E-state index contributed by atoms with van der Waals surface area (Å²) in [6, 6.07) is 15.5. The van der Waals surface area contributed by atoms with Crippen molar-refractivity contribution in [2.75, 3.05) is 32.4 Å². The van der Waals surface area contributed by atoms with E-state index in [1.165, 1.54) is 10.6 Å². The van der Waals surface area contributed by atoms with E-state index in [-0.39, 0.29) is 0 Å². The van der Waals surface area contributed by atoms with Crippen molar-refractivity contribution >= 4 is 21.5 Å². The van der Waals surface area contributed by atoms with Gasteiger partial charge >= 0.3 is 0 Å². The summed E-state index contributed by atoms with van der Waals surface area (Å²) in [5.74, 6) is 2.31. The summed E-state index contributed by atoms with van der Waals surface area (Å²) in [4.78, 5) is 6.97. The molecule has 0 bridgehead atoms. The van der Waals surface area contributed by atoms with Crippen molar-refractivity contribution in [1.29, 1.82) is 0 Å². The monoisotopic (exact) mass is 357 g/mol. The Morgan fingerprint density at radius 2 is 1.56 bits per heavy atom. The maximum Gasteiger partial charge on any atom is 0.211 e. The number of nitrogens with zero attached hydrogens (tertiary/aromatic N) is 3. The molecule has 1 saturated heterocycles. The zero-order valence-corrected chi connectivity index (χ0v) is 14.7. The van der Waals surface area contributed by atoms with Gasteiger partial charge in [0.25, 0.3) is 0 Å². The lowest BCUT2D eigenvalue weighted by Crippen LogP contribution is -2.50. The van der Waals surface area contributed by atoms with Crippen LogP contribution in [0, 0.1) is 0 Å². The van der Waals surface area contributed by atoms with Crippen molar-refractivity contribution in [1.82, 2.24) is 9.21 Å². The first-order valence-electron chi connectivity index (χ1n) is 8.17. The summed E-state index contributed by atoms with van der Waals surface area (Å²) < 4.78 is 31.0. The standard InChI is InChI=1S/C18H19N3O3S/c1-25(22,23)21-12-10-20(11-13-21)18-14-6-2-4-8-16(14)24-17-9-5-3-7-15(17)19-18/h2-9H,10-13H2,1H3. The number of hydrogen-bond acceptors (Lipinski definition) is 5. The van der Waals surface area contributed by atoms with E-state index >= 15 is 0 Å². The zero-order valence-electron chi connectivity index (χ0n) is 13.9. The molecule has 0 spiro atoms. The third kappa shape index (κ3) is 3.12. The Morgan fingerprint density at radius 3 is 2.28 bits per heavy atom. The van der Waals surface area contributed by atoms with Gasteiger partial charge in [-0.15, -0.1) is 0 Å². The van der Waals surface area contributed by atoms with E-state index in [9.17, 15) is 8.42 Å². The average molecular weight is 357 g/mol. The second-order valence-corrected chi connectivity index (χ2v) is 8.13. The van der Waals surface area contributed by atoms with Gasteiger partial charge in [0.1, 0.15) is 17.3 Å². The molecule has 25 heavy (non-hydrogen) atoms. The van der Waals surface area contributed by atoms with Gasteiger partial charge in [0.05, 0.1) is 11.8 Å². The Balaban J connectivity index is 1.72. The highest BCUT2D eigenvalue weighted by molar-refractivity contribution is 7.88. The average Bonchev–Trinajstić information content (AvgIpc) is 2.77. The highest BCUT2D eigenvalue weighted by Crippen LogP contribution is 2.37. The van der Waals surface area contributed by atoms with E-state index < -0.39 is 10.0 Å². The molecule has 130 valence electrons. The third-order valence-corrected chi connectivity index (χ3v) is 5.75. The molecule has 7 heteroatoms. The molecule has 0 saturated carbocycles. The molecule has 0 radical (unpaired) electrons. The van der Waals surface area contributed by atoms with E-state index in [0.29, 0.717) is 26.2 Å². The Bertz CT molecular complexity index is 932. The maximum atomic E-state index is 11.7. The van der Waals surface area contributed by atoms with Crippen molar-refractivity contribution in [2.24, 2.45) is 4.99 Å². The van der Waals surface area contributed by atoms with Crippen LogP contribution in [0.1, 0.15) is 5.56 Å². The fourth-order valence-corrected chi connectivity index (χ4v) is 3.97. The minimum Gasteiger partial charge on any atom is -0.454 e. The SMILES string of the molecule is CS(=O)(=O)N1CCN(C2=Nc3ccccc3Oc3ccccc32)CC1. The smallest absolute Gasteiger partial charge is 0.211 e. The van der Waals surface area contributed by atoms with Crippen LogP contribution in [0.15, 0.2) is 53.5 Å². The summed E-state index contributed by atoms with van der Waals surface area (Å²) in [7, 11) is -3.15. The fraction of sp³-hybridized carbons (Fsp3) is 0.278. The molecule has 4 rings (SSSR count). The van der Waals surface area contributed by atoms with E-state index in [1.807, 2.05) is 48.5 Å². The van der Waals surface area contributed by atoms with Crippen molar-refractivity contribution in [3.63, 3.8) is 0 Å². The van der Waals surface area contributed by atoms with Crippen LogP contribution < -0.4 is 4.74 Å². The summed E-state index contributed by atoms with van der Waals surface area (Å²) in [5.41, 5.74) is 1.70. The van der Waals surface area contributed by atoms with E-state index in [2.05, 4.69) is 4.90 Å². The predicted octanol–water partition coefficient (Wildman–Crippen LogP) is 2.45. The molecule has 1 fully saturated rings. The first-order valence-corrected chi connectivity index (χ1v) is 10.0. The van der Waals surface area contributed by atoms with Crippen LogP contribution in [-0.2, 0) is 10.0 Å². The Kier molecular flexibility index (Phi) is 3.97. The molecule has 2 heterocycles. The highest BCUT2D eigenvalue weighted by Gasteiger charge is 2.28. The largest absolute Gasteiger partial charge is 0.454 e. The lowest BCUT2D eigenvalue weighted by atomic mass is 10.1. The number of fused-ring (bicyclic) bond motifs is 2. The Labute approximate surface area is 147 Å². The van der Waals surface area contributed by atoms with Crippen LogP contribution in [0.4, 0.5) is 5.69 Å². The number of benzene rings is 2. The van der Waals surface area contributed by atoms with Crippen LogP contribution in [0.25, 0.3) is 0 Å². The summed E-state index contributed by atoms with van der Waals surface area (Å²) in [6.45, 7) is 2.12. The first kappa shape index (κ1) is 16.1. The van der Waals surface area contributed by atoms with Crippen LogP contribution in [0.3, 0.4) is 0 Å². The van der Waals surface area contributed by atoms with Gasteiger partial charge < -0.3 is 9.64 Å². The van der Waals surface area contributed by atoms with E-state index in [1.54, 1.807) is 0 Å². The number of hydrogen-bond donors (Lipinski definition) is 0. The number of ether oxygens (including phenoxy) is 1. The highest BCUT2D eigenvalue weighted by atomic mass is 32.2. The molecule has 0 amide bonds. The number of aliphatic imine (C=N–C) groups is 1. The molecule has 2 aliphatic heterocycles. The number of piperazine rings is 1. The Hall–Kier alpha value is -2.38. The van der Waals surface area contributed by atoms with Gasteiger partial charge in [0.15, 0.2) is 5.75 Å². The number of rotatable bonds is 1. The molecule has 0 unspecified atom stereocenters. The van der Waals surface area contributed by atoms with Gasteiger partial charge in [-0.1, -0.05) is 24.3 Å². The molecule has 0 N–H and O–H groups in total. The molecule has 6 nitrogen and oxygen atoms in total. The molecule has 2 aliphatic rings. The second-order valence-electron chi connectivity index (χ2n) is 6.15. The number of sulfonamides is 1. The van der Waals surface area contributed by atoms with Crippen molar-refractivity contribution in [2.45, 2.75) is 0 Å². The summed E-state index contributed by atoms with van der Waals surface area (Å²) in [6.07, 6.45) is 1.26. The fourth-order valence-electron chi connectivity index (χ4n) is 3.14. The summed E-state index contributed by atoms with van der Waals surface area (Å²) in [5, 5.41) is 0. The van der Waals surface area contributed by atoms with Crippen LogP contribution in [0.5, 0.6) is 11.5 Å². The molecule has 0 aromatic heterocycles. The van der Waals surface area contributed by atoms with Crippen LogP contribution in [-0.4, -0.2) is 55.9 Å². The molecular weight excluding hydrogens is 338 g/mol. The van der Waals surface area contributed by atoms with Gasteiger partial charge in [-0.25, -0.2) is 13.4 Å². The number of amidine groups is 1. The van der Waals surface area contributed by atoms with Gasteiger partial charge in [-0.3, -0.25) is 0 Å². The van der Waals surface area contributed by atoms with E-state index in [0.717, 1.165) is 28.6 Å². The van der Waals surface area contributed by atoms with Crippen molar-refractivity contribution in [3.8, 4) is 11.5 Å². The maximum absolute atomic E-state index is 11.7. The molecule has 2 aromatic carbocycles. The third-order valence-electron chi connectivity index (χ3n) is 4.45. The molecule has 0 atom stereocenters. The van der Waals surface area contributed by atoms with Crippen molar-refractivity contribution in [3.05, 3.63) is 54.1 Å². The first-order chi connectivity index (χ1) is 12.0. The van der Waals surface area contributed by atoms with E-state index in [4.69, 9.17) is 9.73 Å². The number of para-hydroxylation sites is 3. The Morgan fingerprint density at radius 1 is 0.920 bits per heavy atom. The topological polar surface area (TPSA) is 62.2 Å². The minimum atomic E-state index is -3.15. The lowest BCUT2D eigenvalue weighted by Gasteiger charge is -2.35. The lowest BCUT2D eigenvalue weighted by molar-refractivity contribution is 0.267. The van der Waals surface area contributed by atoms with Crippen LogP contribution >= 0.6 is 0 Å². The second kappa shape index (κ2) is 6.16. The molecule has 0 aliphatic carbocycles. The van der Waals surface area contributed by atoms with Gasteiger partial charge in [0, 0.05) is 26.2 Å². The van der Waals surface area contributed by atoms with Crippen molar-refractivity contribution < 1.29 is 13.2 Å². The normalized spacial score (nSPS) is 17.8. The minimum absolute atomic E-state index is 0.461. The quantitative estimate of drug-likeness (QED) is 0.786. The van der Waals surface area contributed by atoms with Gasteiger partial charge in [-0.2, -0.15) is 4.31 Å². The zero-order chi connectivity index (χ0) is 17.4. The molecule has 2 aromatic rings. The van der Waals surface area contributed by atoms with Gasteiger partial charge in [0.2, 0.25) is 10.0 Å². The van der Waals surface area contributed by atoms with Crippen LogP contribution in [0.2, 0.25) is 0 Å².